The van der Waals surface area contributed by atoms with Gasteiger partial charge in [0.2, 0.25) is 0 Å². The summed E-state index contributed by atoms with van der Waals surface area (Å²) in [7, 11) is 0. The molecule has 33 heavy (non-hydrogen) atoms. The number of rotatable bonds is 3. The van der Waals surface area contributed by atoms with Crippen molar-refractivity contribution in [2.45, 2.75) is 44.9 Å². The summed E-state index contributed by atoms with van der Waals surface area (Å²) in [6, 6.07) is 14.6. The monoisotopic (exact) mass is 462 g/mol. The standard InChI is InChI=1S/C25H26N4O3S/c1-25(2,3)32-24(30)29-14-15-10-16(29)13-28(15)21-12-26-20-11-17(8-9-18(20)21)31-23-27-19-6-4-5-7-22(19)33-23/h4-9,11-12,15-16,26H,10,13-14H2,1-3H3. The number of nitrogens with one attached hydrogen (secondary N) is 1. The molecule has 1 amide bonds. The summed E-state index contributed by atoms with van der Waals surface area (Å²) in [6.07, 6.45) is 2.83. The van der Waals surface area contributed by atoms with Crippen molar-refractivity contribution in [1.82, 2.24) is 14.9 Å². The van der Waals surface area contributed by atoms with Crippen molar-refractivity contribution in [1.29, 1.82) is 0 Å². The number of H-pyrrole nitrogens is 1. The van der Waals surface area contributed by atoms with Gasteiger partial charge >= 0.3 is 6.09 Å². The molecule has 6 rings (SSSR count). The van der Waals surface area contributed by atoms with Gasteiger partial charge in [0.1, 0.15) is 11.4 Å². The van der Waals surface area contributed by atoms with Crippen LogP contribution in [-0.2, 0) is 4.74 Å². The minimum atomic E-state index is -0.472. The van der Waals surface area contributed by atoms with E-state index in [2.05, 4.69) is 27.1 Å². The van der Waals surface area contributed by atoms with Crippen molar-refractivity contribution in [2.75, 3.05) is 18.0 Å². The zero-order valence-electron chi connectivity index (χ0n) is 18.9. The van der Waals surface area contributed by atoms with Crippen LogP contribution in [0, 0.1) is 0 Å². The van der Waals surface area contributed by atoms with Crippen LogP contribution in [-0.4, -0.2) is 51.7 Å². The van der Waals surface area contributed by atoms with E-state index >= 15 is 0 Å². The average molecular weight is 463 g/mol. The molecule has 2 fully saturated rings. The smallest absolute Gasteiger partial charge is 0.410 e. The largest absolute Gasteiger partial charge is 0.444 e. The number of carbonyl (C=O) groups is 1. The fraction of sp³-hybridized carbons (Fsp3) is 0.360. The molecule has 170 valence electrons. The van der Waals surface area contributed by atoms with Crippen LogP contribution >= 0.6 is 11.3 Å². The molecule has 2 saturated heterocycles. The first-order valence-electron chi connectivity index (χ1n) is 11.2. The lowest BCUT2D eigenvalue weighted by molar-refractivity contribution is 0.0215. The number of para-hydroxylation sites is 1. The lowest BCUT2D eigenvalue weighted by Crippen LogP contribution is -2.50. The molecule has 2 aliphatic heterocycles. The van der Waals surface area contributed by atoms with Gasteiger partial charge in [-0.15, -0.1) is 0 Å². The number of likely N-dealkylation sites (tertiary alicyclic amines) is 1. The Balaban J connectivity index is 1.19. The Morgan fingerprint density at radius 1 is 1.15 bits per heavy atom. The topological polar surface area (TPSA) is 70.7 Å². The van der Waals surface area contributed by atoms with Gasteiger partial charge in [0.15, 0.2) is 0 Å². The number of piperazine rings is 1. The van der Waals surface area contributed by atoms with Gasteiger partial charge in [-0.2, -0.15) is 0 Å². The predicted octanol–water partition coefficient (Wildman–Crippen LogP) is 5.77. The fourth-order valence-corrected chi connectivity index (χ4v) is 5.73. The van der Waals surface area contributed by atoms with Gasteiger partial charge in [0.05, 0.1) is 27.5 Å². The highest BCUT2D eigenvalue weighted by Gasteiger charge is 2.47. The number of hydrogen-bond donors (Lipinski definition) is 1. The molecule has 2 bridgehead atoms. The van der Waals surface area contributed by atoms with E-state index in [-0.39, 0.29) is 12.1 Å². The van der Waals surface area contributed by atoms with E-state index < -0.39 is 5.60 Å². The Bertz CT molecular complexity index is 1320. The highest BCUT2D eigenvalue weighted by atomic mass is 32.1. The number of carbonyl (C=O) groups excluding carboxylic acids is 1. The third-order valence-corrected chi connectivity index (χ3v) is 7.20. The summed E-state index contributed by atoms with van der Waals surface area (Å²) >= 11 is 1.54. The molecule has 4 heterocycles. The Morgan fingerprint density at radius 2 is 2.00 bits per heavy atom. The van der Waals surface area contributed by atoms with E-state index in [9.17, 15) is 4.79 Å². The summed E-state index contributed by atoms with van der Waals surface area (Å²) in [5, 5.41) is 1.80. The van der Waals surface area contributed by atoms with Crippen LogP contribution in [0.2, 0.25) is 0 Å². The SMILES string of the molecule is CC(C)(C)OC(=O)N1CC2CC1CN2c1c[nH]c2cc(Oc3nc4ccccc4s3)ccc12. The Morgan fingerprint density at radius 3 is 2.76 bits per heavy atom. The Labute approximate surface area is 195 Å². The molecule has 2 atom stereocenters. The minimum absolute atomic E-state index is 0.191. The molecule has 2 unspecified atom stereocenters. The summed E-state index contributed by atoms with van der Waals surface area (Å²) in [6.45, 7) is 7.25. The zero-order valence-corrected chi connectivity index (χ0v) is 19.7. The fourth-order valence-electron chi connectivity index (χ4n) is 4.89. The van der Waals surface area contributed by atoms with E-state index in [4.69, 9.17) is 9.47 Å². The van der Waals surface area contributed by atoms with Gasteiger partial charge < -0.3 is 24.3 Å². The zero-order chi connectivity index (χ0) is 22.7. The molecule has 2 aromatic carbocycles. The van der Waals surface area contributed by atoms with Crippen LogP contribution in [0.15, 0.2) is 48.7 Å². The van der Waals surface area contributed by atoms with Gasteiger partial charge in [0.25, 0.3) is 5.19 Å². The van der Waals surface area contributed by atoms with E-state index in [0.29, 0.717) is 17.8 Å². The number of fused-ring (bicyclic) bond motifs is 4. The quantitative estimate of drug-likeness (QED) is 0.419. The third kappa shape index (κ3) is 3.68. The van der Waals surface area contributed by atoms with Gasteiger partial charge in [-0.05, 0) is 51.5 Å². The second kappa shape index (κ2) is 7.38. The van der Waals surface area contributed by atoms with Crippen LogP contribution in [0.3, 0.4) is 0 Å². The summed E-state index contributed by atoms with van der Waals surface area (Å²) < 4.78 is 12.8. The summed E-state index contributed by atoms with van der Waals surface area (Å²) in [5.74, 6) is 0.758. The molecule has 0 spiro atoms. The van der Waals surface area contributed by atoms with Crippen molar-refractivity contribution in [2.24, 2.45) is 0 Å². The van der Waals surface area contributed by atoms with E-state index in [1.807, 2.05) is 62.1 Å². The van der Waals surface area contributed by atoms with Crippen molar-refractivity contribution < 1.29 is 14.3 Å². The molecule has 0 saturated carbocycles. The van der Waals surface area contributed by atoms with Gasteiger partial charge in [-0.1, -0.05) is 23.5 Å². The number of nitrogens with zero attached hydrogens (tertiary/aromatic N) is 3. The molecule has 4 aromatic rings. The molecular weight excluding hydrogens is 436 g/mol. The molecule has 1 N–H and O–H groups in total. The number of anilines is 1. The second-order valence-electron chi connectivity index (χ2n) is 9.76. The Kier molecular flexibility index (Phi) is 4.55. The van der Waals surface area contributed by atoms with Crippen molar-refractivity contribution >= 4 is 44.2 Å². The molecule has 0 aliphatic carbocycles. The Hall–Kier alpha value is -3.26. The van der Waals surface area contributed by atoms with E-state index in [0.717, 1.165) is 39.8 Å². The third-order valence-electron chi connectivity index (χ3n) is 6.29. The molecule has 0 radical (unpaired) electrons. The van der Waals surface area contributed by atoms with Crippen LogP contribution in [0.25, 0.3) is 21.1 Å². The van der Waals surface area contributed by atoms with Crippen LogP contribution in [0.1, 0.15) is 27.2 Å². The molecular formula is C25H26N4O3S. The minimum Gasteiger partial charge on any atom is -0.444 e. The first-order valence-corrected chi connectivity index (χ1v) is 12.1. The number of amides is 1. The lowest BCUT2D eigenvalue weighted by Gasteiger charge is -2.36. The normalized spacial score (nSPS) is 20.2. The maximum atomic E-state index is 12.6. The molecule has 2 aromatic heterocycles. The number of aromatic nitrogens is 2. The van der Waals surface area contributed by atoms with Crippen LogP contribution < -0.4 is 9.64 Å². The summed E-state index contributed by atoms with van der Waals surface area (Å²) in [4.78, 5) is 24.8. The number of aromatic amines is 1. The van der Waals surface area contributed by atoms with E-state index in [1.54, 1.807) is 11.3 Å². The van der Waals surface area contributed by atoms with Crippen LogP contribution in [0.4, 0.5) is 10.5 Å². The van der Waals surface area contributed by atoms with Gasteiger partial charge in [-0.25, -0.2) is 9.78 Å². The van der Waals surface area contributed by atoms with Crippen LogP contribution in [0.5, 0.6) is 10.9 Å². The van der Waals surface area contributed by atoms with Crippen molar-refractivity contribution in [3.63, 3.8) is 0 Å². The molecule has 7 nitrogen and oxygen atoms in total. The number of benzene rings is 2. The van der Waals surface area contributed by atoms with Crippen molar-refractivity contribution in [3.8, 4) is 10.9 Å². The second-order valence-corrected chi connectivity index (χ2v) is 10.8. The maximum absolute atomic E-state index is 12.6. The number of hydrogen-bond acceptors (Lipinski definition) is 6. The van der Waals surface area contributed by atoms with Gasteiger partial charge in [0, 0.05) is 36.8 Å². The lowest BCUT2D eigenvalue weighted by atomic mass is 10.2. The predicted molar refractivity (Wildman–Crippen MR) is 130 cm³/mol. The first kappa shape index (κ1) is 20.4. The van der Waals surface area contributed by atoms with E-state index in [1.165, 1.54) is 5.69 Å². The number of thiazole rings is 1. The van der Waals surface area contributed by atoms with Crippen molar-refractivity contribution in [3.05, 3.63) is 48.7 Å². The maximum Gasteiger partial charge on any atom is 0.410 e. The number of ether oxygens (including phenoxy) is 2. The highest BCUT2D eigenvalue weighted by Crippen LogP contribution is 2.40. The summed E-state index contributed by atoms with van der Waals surface area (Å²) in [5.41, 5.74) is 2.68. The highest BCUT2D eigenvalue weighted by molar-refractivity contribution is 7.20. The molecule has 2 aliphatic rings. The first-order chi connectivity index (χ1) is 15.8. The average Bonchev–Trinajstić information content (AvgIpc) is 3.53. The molecule has 8 heteroatoms. The van der Waals surface area contributed by atoms with Gasteiger partial charge in [-0.3, -0.25) is 0 Å².